The average molecular weight is 590 g/mol. The molecule has 2 aromatic rings. The van der Waals surface area contributed by atoms with Crippen molar-refractivity contribution in [2.75, 3.05) is 0 Å². The average Bonchev–Trinajstić information content (AvgIpc) is 2.98. The van der Waals surface area contributed by atoms with E-state index in [9.17, 15) is 9.59 Å². The molecule has 2 aromatic carbocycles. The van der Waals surface area contributed by atoms with E-state index in [4.69, 9.17) is 47.1 Å². The minimum Gasteiger partial charge on any atom is -0.245 e. The second-order valence-corrected chi connectivity index (χ2v) is 9.23. The molecule has 2 heterocycles. The first-order valence-electron chi connectivity index (χ1n) is 7.64. The molecule has 4 amide bonds. The van der Waals surface area contributed by atoms with E-state index in [0.29, 0.717) is 11.1 Å². The normalized spacial score (nSPS) is 27.1. The zero-order chi connectivity index (χ0) is 20.4. The van der Waals surface area contributed by atoms with Crippen LogP contribution in [0.25, 0.3) is 0 Å². The van der Waals surface area contributed by atoms with Gasteiger partial charge in [0, 0.05) is 67.2 Å². The molecule has 2 saturated heterocycles. The van der Waals surface area contributed by atoms with Gasteiger partial charge in [0.2, 0.25) is 11.3 Å². The standard InChI is InChI=1S/C16H8Br2Cl4N4O2/c17-11-5-1-9(2-6-11)15-16(25(21)13(27)23(15)19,26(22)14(28)24(15)20)10-3-7-12(18)8-4-10/h1-8H. The van der Waals surface area contributed by atoms with Crippen LogP contribution in [-0.4, -0.2) is 29.7 Å². The Kier molecular flexibility index (Phi) is 4.96. The topological polar surface area (TPSA) is 47.1 Å². The van der Waals surface area contributed by atoms with Gasteiger partial charge < -0.3 is 0 Å². The third kappa shape index (κ3) is 2.27. The maximum Gasteiger partial charge on any atom is 0.354 e. The van der Waals surface area contributed by atoms with Gasteiger partial charge in [0.15, 0.2) is 0 Å². The Morgan fingerprint density at radius 2 is 0.821 bits per heavy atom. The first-order valence-corrected chi connectivity index (χ1v) is 10.6. The van der Waals surface area contributed by atoms with Crippen molar-refractivity contribution in [3.05, 3.63) is 68.6 Å². The van der Waals surface area contributed by atoms with Crippen LogP contribution in [0.15, 0.2) is 57.5 Å². The maximum atomic E-state index is 12.9. The van der Waals surface area contributed by atoms with Crippen LogP contribution in [0.3, 0.4) is 0 Å². The first-order chi connectivity index (χ1) is 13.2. The number of carbonyl (C=O) groups is 2. The molecule has 0 saturated carbocycles. The molecule has 2 fully saturated rings. The lowest BCUT2D eigenvalue weighted by Crippen LogP contribution is -2.58. The summed E-state index contributed by atoms with van der Waals surface area (Å²) >= 11 is 32.6. The fourth-order valence-corrected chi connectivity index (χ4v) is 5.78. The summed E-state index contributed by atoms with van der Waals surface area (Å²) < 4.78 is 4.72. The van der Waals surface area contributed by atoms with Crippen LogP contribution < -0.4 is 0 Å². The van der Waals surface area contributed by atoms with E-state index >= 15 is 0 Å². The molecule has 2 aliphatic heterocycles. The van der Waals surface area contributed by atoms with E-state index in [1.165, 1.54) is 0 Å². The molecule has 0 aromatic heterocycles. The molecule has 4 rings (SSSR count). The number of benzene rings is 2. The molecule has 0 atom stereocenters. The van der Waals surface area contributed by atoms with E-state index in [1.54, 1.807) is 48.5 Å². The summed E-state index contributed by atoms with van der Waals surface area (Å²) in [4.78, 5) is 25.8. The van der Waals surface area contributed by atoms with E-state index in [1.807, 2.05) is 0 Å². The van der Waals surface area contributed by atoms with Crippen molar-refractivity contribution in [3.8, 4) is 0 Å². The van der Waals surface area contributed by atoms with E-state index in [0.717, 1.165) is 26.6 Å². The largest absolute Gasteiger partial charge is 0.354 e. The second kappa shape index (κ2) is 6.82. The lowest BCUT2D eigenvalue weighted by atomic mass is 9.83. The third-order valence-corrected chi connectivity index (χ3v) is 7.40. The highest BCUT2D eigenvalue weighted by Gasteiger charge is 2.81. The SMILES string of the molecule is O=C1N(Cl)C2(c3ccc(Br)cc3)N(Cl)C(=O)N(Cl)C2(c2ccc(Br)cc2)N1Cl. The Bertz CT molecular complexity index is 872. The zero-order valence-electron chi connectivity index (χ0n) is 13.5. The lowest BCUT2D eigenvalue weighted by molar-refractivity contribution is 0.0294. The highest BCUT2D eigenvalue weighted by atomic mass is 79.9. The highest BCUT2D eigenvalue weighted by molar-refractivity contribution is 9.10. The number of rotatable bonds is 2. The molecule has 28 heavy (non-hydrogen) atoms. The fourth-order valence-electron chi connectivity index (χ4n) is 3.63. The number of fused-ring (bicyclic) bond motifs is 1. The number of halogens is 6. The van der Waals surface area contributed by atoms with Gasteiger partial charge in [-0.25, -0.2) is 9.59 Å². The molecule has 0 spiro atoms. The third-order valence-electron chi connectivity index (χ3n) is 4.79. The number of nitrogens with zero attached hydrogens (tertiary/aromatic N) is 4. The maximum absolute atomic E-state index is 12.9. The Morgan fingerprint density at radius 1 is 0.571 bits per heavy atom. The van der Waals surface area contributed by atoms with Crippen molar-refractivity contribution >= 4 is 91.0 Å². The predicted octanol–water partition coefficient (Wildman–Crippen LogP) is 6.31. The monoisotopic (exact) mass is 586 g/mol. The molecule has 12 heteroatoms. The zero-order valence-corrected chi connectivity index (χ0v) is 19.7. The molecule has 146 valence electrons. The van der Waals surface area contributed by atoms with Crippen LogP contribution in [0.5, 0.6) is 0 Å². The molecule has 0 bridgehead atoms. The van der Waals surface area contributed by atoms with Crippen molar-refractivity contribution in [2.45, 2.75) is 11.3 Å². The van der Waals surface area contributed by atoms with Crippen LogP contribution in [0.4, 0.5) is 9.59 Å². The fraction of sp³-hybridized carbons (Fsp3) is 0.125. The summed E-state index contributed by atoms with van der Waals surface area (Å²) in [7, 11) is 0. The molecule has 0 N–H and O–H groups in total. The molecular weight excluding hydrogens is 582 g/mol. The number of amides is 4. The van der Waals surface area contributed by atoms with Gasteiger partial charge in [-0.15, -0.1) is 0 Å². The van der Waals surface area contributed by atoms with Crippen molar-refractivity contribution in [1.29, 1.82) is 0 Å². The summed E-state index contributed by atoms with van der Waals surface area (Å²) in [6.45, 7) is 0. The Balaban J connectivity index is 2.13. The van der Waals surface area contributed by atoms with Crippen molar-refractivity contribution < 1.29 is 9.59 Å². The van der Waals surface area contributed by atoms with E-state index < -0.39 is 23.4 Å². The van der Waals surface area contributed by atoms with E-state index in [2.05, 4.69) is 31.9 Å². The first kappa shape index (κ1) is 20.4. The molecule has 0 aliphatic carbocycles. The number of hydrogen-bond acceptors (Lipinski definition) is 2. The van der Waals surface area contributed by atoms with Gasteiger partial charge in [-0.3, -0.25) is 0 Å². The number of carbonyl (C=O) groups excluding carboxylic acids is 2. The van der Waals surface area contributed by atoms with Gasteiger partial charge in [0.05, 0.1) is 0 Å². The van der Waals surface area contributed by atoms with Crippen molar-refractivity contribution in [2.24, 2.45) is 0 Å². The highest BCUT2D eigenvalue weighted by Crippen LogP contribution is 2.64. The lowest BCUT2D eigenvalue weighted by Gasteiger charge is -2.43. The minimum atomic E-state index is -1.76. The van der Waals surface area contributed by atoms with Gasteiger partial charge in [-0.05, 0) is 24.3 Å². The van der Waals surface area contributed by atoms with Crippen molar-refractivity contribution in [1.82, 2.24) is 17.7 Å². The Labute approximate surface area is 197 Å². The van der Waals surface area contributed by atoms with Crippen LogP contribution in [-0.2, 0) is 11.3 Å². The second-order valence-electron chi connectivity index (χ2n) is 6.05. The molecule has 0 unspecified atom stereocenters. The number of hydrogen-bond donors (Lipinski definition) is 0. The molecular formula is C16H8Br2Cl4N4O2. The Hall–Kier alpha value is -0.900. The molecule has 2 aliphatic rings. The molecule has 6 nitrogen and oxygen atoms in total. The van der Waals surface area contributed by atoms with Crippen LogP contribution in [0.2, 0.25) is 0 Å². The summed E-state index contributed by atoms with van der Waals surface area (Å²) in [5.41, 5.74) is -2.67. The molecule has 0 radical (unpaired) electrons. The van der Waals surface area contributed by atoms with Gasteiger partial charge in [0.25, 0.3) is 0 Å². The minimum absolute atomic E-state index is 0.427. The van der Waals surface area contributed by atoms with Gasteiger partial charge >= 0.3 is 12.1 Å². The van der Waals surface area contributed by atoms with Gasteiger partial charge in [-0.2, -0.15) is 17.7 Å². The smallest absolute Gasteiger partial charge is 0.245 e. The van der Waals surface area contributed by atoms with Crippen LogP contribution in [0.1, 0.15) is 11.1 Å². The predicted molar refractivity (Wildman–Crippen MR) is 113 cm³/mol. The summed E-state index contributed by atoms with van der Waals surface area (Å²) in [6.07, 6.45) is 0. The Morgan fingerprint density at radius 3 is 1.07 bits per heavy atom. The quantitative estimate of drug-likeness (QED) is 0.386. The van der Waals surface area contributed by atoms with Crippen LogP contribution in [0, 0.1) is 0 Å². The number of urea groups is 2. The van der Waals surface area contributed by atoms with Gasteiger partial charge in [0.1, 0.15) is 0 Å². The van der Waals surface area contributed by atoms with E-state index in [-0.39, 0.29) is 0 Å². The van der Waals surface area contributed by atoms with Crippen LogP contribution >= 0.6 is 79.0 Å². The summed E-state index contributed by atoms with van der Waals surface area (Å²) in [6, 6.07) is 12.0. The summed E-state index contributed by atoms with van der Waals surface area (Å²) in [5.74, 6) is 0. The van der Waals surface area contributed by atoms with Crippen molar-refractivity contribution in [3.63, 3.8) is 0 Å². The van der Waals surface area contributed by atoms with Gasteiger partial charge in [-0.1, -0.05) is 56.1 Å². The summed E-state index contributed by atoms with van der Waals surface area (Å²) in [5, 5.41) is 0.